The number of carbonyl (C=O) groups is 2. The molecule has 0 saturated carbocycles. The fourth-order valence-electron chi connectivity index (χ4n) is 3.26. The first-order valence-electron chi connectivity index (χ1n) is 10.3. The molecule has 9 heteroatoms. The first kappa shape index (κ1) is 24.3. The predicted octanol–water partition coefficient (Wildman–Crippen LogP) is 5.06. The minimum absolute atomic E-state index is 0.0180. The summed E-state index contributed by atoms with van der Waals surface area (Å²) in [5, 5.41) is 4.62. The Morgan fingerprint density at radius 2 is 1.70 bits per heavy atom. The molecule has 0 atom stereocenters. The summed E-state index contributed by atoms with van der Waals surface area (Å²) in [6, 6.07) is 12.4. The second kappa shape index (κ2) is 11.0. The number of methoxy groups -OCH3 is 3. The summed E-state index contributed by atoms with van der Waals surface area (Å²) >= 11 is 3.55. The first-order valence-corrected chi connectivity index (χ1v) is 11.1. The van der Waals surface area contributed by atoms with Crippen LogP contribution in [-0.2, 0) is 9.47 Å². The van der Waals surface area contributed by atoms with Gasteiger partial charge < -0.3 is 18.9 Å². The molecule has 174 valence electrons. The van der Waals surface area contributed by atoms with Gasteiger partial charge in [0.05, 0.1) is 33.6 Å². The van der Waals surface area contributed by atoms with Gasteiger partial charge >= 0.3 is 11.9 Å². The van der Waals surface area contributed by atoms with Crippen molar-refractivity contribution >= 4 is 27.9 Å². The van der Waals surface area contributed by atoms with Crippen molar-refractivity contribution in [2.75, 3.05) is 27.9 Å². The van der Waals surface area contributed by atoms with Crippen molar-refractivity contribution < 1.29 is 28.5 Å². The molecule has 0 radical (unpaired) electrons. The van der Waals surface area contributed by atoms with Crippen LogP contribution in [0.5, 0.6) is 11.5 Å². The van der Waals surface area contributed by atoms with E-state index in [0.717, 1.165) is 12.8 Å². The molecular weight excluding hydrogens is 492 g/mol. The molecule has 33 heavy (non-hydrogen) atoms. The number of nitrogens with zero attached hydrogens (tertiary/aromatic N) is 2. The second-order valence-corrected chi connectivity index (χ2v) is 7.84. The van der Waals surface area contributed by atoms with E-state index < -0.39 is 11.9 Å². The predicted molar refractivity (Wildman–Crippen MR) is 126 cm³/mol. The standard InChI is InChI=1S/C24H25BrN2O6/c1-5-6-12-33-19-14-17(25)16(13-18(19)30-2)21-20(23(28)31-3)22(24(29)32-4)27(26-21)15-10-8-7-9-11-15/h7-11,13-14H,5-6,12H2,1-4H3. The molecule has 0 N–H and O–H groups in total. The number of aromatic nitrogens is 2. The van der Waals surface area contributed by atoms with E-state index in [0.29, 0.717) is 33.8 Å². The van der Waals surface area contributed by atoms with Crippen LogP contribution in [0.25, 0.3) is 16.9 Å². The molecule has 2 aromatic carbocycles. The third-order valence-corrected chi connectivity index (χ3v) is 5.57. The Bertz CT molecular complexity index is 1140. The van der Waals surface area contributed by atoms with Gasteiger partial charge in [-0.05, 0) is 46.6 Å². The molecular formula is C24H25BrN2O6. The Hall–Kier alpha value is -3.33. The van der Waals surface area contributed by atoms with Gasteiger partial charge in [0, 0.05) is 10.0 Å². The highest BCUT2D eigenvalue weighted by Crippen LogP contribution is 2.40. The summed E-state index contributed by atoms with van der Waals surface area (Å²) in [5.74, 6) is -0.423. The van der Waals surface area contributed by atoms with Crippen LogP contribution < -0.4 is 9.47 Å². The third-order valence-electron chi connectivity index (χ3n) is 4.92. The zero-order chi connectivity index (χ0) is 24.0. The van der Waals surface area contributed by atoms with E-state index in [4.69, 9.17) is 18.9 Å². The molecule has 0 saturated heterocycles. The number of halogens is 1. The van der Waals surface area contributed by atoms with E-state index in [-0.39, 0.29) is 17.0 Å². The number of hydrogen-bond donors (Lipinski definition) is 0. The molecule has 3 rings (SSSR count). The smallest absolute Gasteiger partial charge is 0.357 e. The van der Waals surface area contributed by atoms with Crippen LogP contribution >= 0.6 is 15.9 Å². The lowest BCUT2D eigenvalue weighted by Gasteiger charge is -2.13. The summed E-state index contributed by atoms with van der Waals surface area (Å²) in [6.07, 6.45) is 1.90. The lowest BCUT2D eigenvalue weighted by Crippen LogP contribution is -2.15. The summed E-state index contributed by atoms with van der Waals surface area (Å²) in [4.78, 5) is 25.6. The van der Waals surface area contributed by atoms with E-state index >= 15 is 0 Å². The summed E-state index contributed by atoms with van der Waals surface area (Å²) < 4.78 is 23.3. The van der Waals surface area contributed by atoms with Gasteiger partial charge in [-0.25, -0.2) is 14.3 Å². The molecule has 0 unspecified atom stereocenters. The van der Waals surface area contributed by atoms with E-state index in [1.807, 2.05) is 6.07 Å². The first-order chi connectivity index (χ1) is 16.0. The van der Waals surface area contributed by atoms with Crippen molar-refractivity contribution in [2.45, 2.75) is 19.8 Å². The van der Waals surface area contributed by atoms with Crippen molar-refractivity contribution in [3.05, 3.63) is 58.2 Å². The van der Waals surface area contributed by atoms with E-state index in [1.165, 1.54) is 26.0 Å². The van der Waals surface area contributed by atoms with Gasteiger partial charge in [0.25, 0.3) is 0 Å². The number of esters is 2. The van der Waals surface area contributed by atoms with Gasteiger partial charge in [-0.1, -0.05) is 31.5 Å². The zero-order valence-electron chi connectivity index (χ0n) is 18.9. The minimum atomic E-state index is -0.722. The number of carbonyl (C=O) groups excluding carboxylic acids is 2. The summed E-state index contributed by atoms with van der Waals surface area (Å²) in [7, 11) is 4.02. The van der Waals surface area contributed by atoms with Crippen molar-refractivity contribution in [1.82, 2.24) is 9.78 Å². The highest BCUT2D eigenvalue weighted by atomic mass is 79.9. The van der Waals surface area contributed by atoms with Crippen LogP contribution in [0.15, 0.2) is 46.9 Å². The van der Waals surface area contributed by atoms with E-state index in [2.05, 4.69) is 28.0 Å². The third kappa shape index (κ3) is 5.03. The SMILES string of the molecule is CCCCOc1cc(Br)c(-c2nn(-c3ccccc3)c(C(=O)OC)c2C(=O)OC)cc1OC. The van der Waals surface area contributed by atoms with Crippen LogP contribution in [-0.4, -0.2) is 49.7 Å². The molecule has 0 aliphatic rings. The van der Waals surface area contributed by atoms with Gasteiger partial charge in [0.2, 0.25) is 0 Å². The molecule has 1 heterocycles. The van der Waals surface area contributed by atoms with Crippen molar-refractivity contribution in [2.24, 2.45) is 0 Å². The Morgan fingerprint density at radius 3 is 2.30 bits per heavy atom. The normalized spacial score (nSPS) is 10.6. The maximum atomic E-state index is 12.8. The van der Waals surface area contributed by atoms with Crippen molar-refractivity contribution in [1.29, 1.82) is 0 Å². The Balaban J connectivity index is 2.27. The topological polar surface area (TPSA) is 88.9 Å². The van der Waals surface area contributed by atoms with E-state index in [1.54, 1.807) is 36.4 Å². The van der Waals surface area contributed by atoms with Gasteiger partial charge in [0.15, 0.2) is 17.2 Å². The largest absolute Gasteiger partial charge is 0.493 e. The molecule has 8 nitrogen and oxygen atoms in total. The maximum absolute atomic E-state index is 12.8. The molecule has 0 spiro atoms. The molecule has 0 aliphatic heterocycles. The average molecular weight is 517 g/mol. The number of rotatable bonds is 9. The van der Waals surface area contributed by atoms with Gasteiger partial charge in [0.1, 0.15) is 11.3 Å². The molecule has 0 bridgehead atoms. The monoisotopic (exact) mass is 516 g/mol. The summed E-state index contributed by atoms with van der Waals surface area (Å²) in [6.45, 7) is 2.62. The molecule has 0 aliphatic carbocycles. The number of hydrogen-bond acceptors (Lipinski definition) is 7. The maximum Gasteiger partial charge on any atom is 0.357 e. The average Bonchev–Trinajstić information content (AvgIpc) is 3.24. The number of para-hydroxylation sites is 1. The Morgan fingerprint density at radius 1 is 1.00 bits per heavy atom. The Kier molecular flexibility index (Phi) is 8.11. The molecule has 1 aromatic heterocycles. The highest BCUT2D eigenvalue weighted by molar-refractivity contribution is 9.10. The number of unbranched alkanes of at least 4 members (excludes halogenated alkanes) is 1. The van der Waals surface area contributed by atoms with Crippen LogP contribution in [0, 0.1) is 0 Å². The molecule has 3 aromatic rings. The van der Waals surface area contributed by atoms with Gasteiger partial charge in [-0.15, -0.1) is 0 Å². The Labute approximate surface area is 200 Å². The van der Waals surface area contributed by atoms with Crippen LogP contribution in [0.1, 0.15) is 40.6 Å². The number of benzene rings is 2. The fraction of sp³-hybridized carbons (Fsp3) is 0.292. The van der Waals surface area contributed by atoms with Crippen LogP contribution in [0.2, 0.25) is 0 Å². The van der Waals surface area contributed by atoms with Crippen molar-refractivity contribution in [3.8, 4) is 28.4 Å². The quantitative estimate of drug-likeness (QED) is 0.290. The molecule has 0 amide bonds. The van der Waals surface area contributed by atoms with Crippen molar-refractivity contribution in [3.63, 3.8) is 0 Å². The zero-order valence-corrected chi connectivity index (χ0v) is 20.5. The van der Waals surface area contributed by atoms with Crippen LogP contribution in [0.4, 0.5) is 0 Å². The minimum Gasteiger partial charge on any atom is -0.493 e. The van der Waals surface area contributed by atoms with Crippen LogP contribution in [0.3, 0.4) is 0 Å². The van der Waals surface area contributed by atoms with E-state index in [9.17, 15) is 9.59 Å². The van der Waals surface area contributed by atoms with Gasteiger partial charge in [-0.2, -0.15) is 5.10 Å². The summed E-state index contributed by atoms with van der Waals surface area (Å²) in [5.41, 5.74) is 1.28. The second-order valence-electron chi connectivity index (χ2n) is 6.99. The number of ether oxygens (including phenoxy) is 4. The fourth-order valence-corrected chi connectivity index (χ4v) is 3.77. The highest BCUT2D eigenvalue weighted by Gasteiger charge is 2.32. The lowest BCUT2D eigenvalue weighted by atomic mass is 10.0. The lowest BCUT2D eigenvalue weighted by molar-refractivity contribution is 0.0549. The van der Waals surface area contributed by atoms with Gasteiger partial charge in [-0.3, -0.25) is 0 Å². The molecule has 0 fully saturated rings.